The molecule has 0 bridgehead atoms. The Bertz CT molecular complexity index is 977. The molecule has 1 aromatic carbocycles. The fourth-order valence-corrected chi connectivity index (χ4v) is 3.45. The van der Waals surface area contributed by atoms with E-state index in [1.165, 1.54) is 5.56 Å². The highest BCUT2D eigenvalue weighted by Gasteiger charge is 2.21. The largest absolute Gasteiger partial charge is 0.454 e. The Morgan fingerprint density at radius 1 is 1.16 bits per heavy atom. The van der Waals surface area contributed by atoms with Crippen LogP contribution in [0.2, 0.25) is 0 Å². The molecule has 0 aliphatic carbocycles. The molecule has 0 aliphatic rings. The number of hydrogen-bond acceptors (Lipinski definition) is 5. The number of hydrogen-bond donors (Lipinski definition) is 0. The number of carbonyl (C=O) groups excluding carboxylic acids is 1. The van der Waals surface area contributed by atoms with Crippen molar-refractivity contribution < 1.29 is 14.3 Å². The number of aromatic nitrogens is 2. The molecule has 0 saturated carbocycles. The van der Waals surface area contributed by atoms with Crippen LogP contribution in [0.1, 0.15) is 75.0 Å². The van der Waals surface area contributed by atoms with Crippen molar-refractivity contribution in [2.75, 3.05) is 13.8 Å². The summed E-state index contributed by atoms with van der Waals surface area (Å²) in [6.45, 7) is 12.4. The first-order valence-corrected chi connectivity index (χ1v) is 11.2. The second-order valence-electron chi connectivity index (χ2n) is 9.02. The van der Waals surface area contributed by atoms with Gasteiger partial charge in [-0.2, -0.15) is 5.10 Å². The molecule has 174 valence electrons. The van der Waals surface area contributed by atoms with E-state index in [1.54, 1.807) is 17.9 Å². The number of esters is 1. The van der Waals surface area contributed by atoms with Crippen LogP contribution in [0.4, 0.5) is 0 Å². The zero-order chi connectivity index (χ0) is 23.9. The van der Waals surface area contributed by atoms with Gasteiger partial charge in [0.1, 0.15) is 5.69 Å². The molecule has 0 N–H and O–H groups in total. The molecule has 0 aliphatic heterocycles. The summed E-state index contributed by atoms with van der Waals surface area (Å²) >= 11 is 0. The number of nitrogens with zero attached hydrogens (tertiary/aromatic N) is 3. The second kappa shape index (κ2) is 11.1. The lowest BCUT2D eigenvalue weighted by atomic mass is 9.86. The highest BCUT2D eigenvalue weighted by molar-refractivity contribution is 6.18. The van der Waals surface area contributed by atoms with Crippen LogP contribution in [0.25, 0.3) is 11.3 Å². The number of benzene rings is 1. The van der Waals surface area contributed by atoms with Gasteiger partial charge < -0.3 is 9.47 Å². The van der Waals surface area contributed by atoms with Crippen molar-refractivity contribution in [3.05, 3.63) is 52.3 Å². The van der Waals surface area contributed by atoms with Crippen LogP contribution >= 0.6 is 0 Å². The van der Waals surface area contributed by atoms with E-state index in [0.717, 1.165) is 40.9 Å². The van der Waals surface area contributed by atoms with Crippen molar-refractivity contribution in [3.8, 4) is 0 Å². The Hall–Kier alpha value is -2.89. The van der Waals surface area contributed by atoms with Crippen LogP contribution in [-0.4, -0.2) is 35.8 Å². The van der Waals surface area contributed by atoms with Crippen LogP contribution < -0.4 is 0 Å². The lowest BCUT2D eigenvalue weighted by Gasteiger charge is -2.20. The minimum Gasteiger partial charge on any atom is -0.454 e. The zero-order valence-electron chi connectivity index (χ0n) is 20.8. The number of ether oxygens (including phenoxy) is 2. The molecule has 32 heavy (non-hydrogen) atoms. The van der Waals surface area contributed by atoms with Crippen LogP contribution in [0, 0.1) is 13.8 Å². The first kappa shape index (κ1) is 25.4. The van der Waals surface area contributed by atoms with E-state index >= 15 is 0 Å². The third kappa shape index (κ3) is 6.31. The predicted molar refractivity (Wildman–Crippen MR) is 131 cm³/mol. The van der Waals surface area contributed by atoms with Gasteiger partial charge >= 0.3 is 5.97 Å². The molecule has 6 heteroatoms. The quantitative estimate of drug-likeness (QED) is 0.220. The molecule has 0 atom stereocenters. The number of aryl methyl sites for hydroxylation is 2. The van der Waals surface area contributed by atoms with Gasteiger partial charge in [-0.05, 0) is 36.8 Å². The number of unbranched alkanes of at least 4 members (excludes halogenated alkanes) is 1. The Balaban J connectivity index is 2.53. The number of aliphatic imine (C=N–C) groups is 1. The smallest absolute Gasteiger partial charge is 0.308 e. The van der Waals surface area contributed by atoms with Crippen LogP contribution in [0.15, 0.2) is 29.3 Å². The van der Waals surface area contributed by atoms with E-state index in [9.17, 15) is 4.79 Å². The van der Waals surface area contributed by atoms with E-state index in [0.29, 0.717) is 12.2 Å². The minimum atomic E-state index is -0.260. The maximum absolute atomic E-state index is 12.0. The molecule has 0 radical (unpaired) electrons. The van der Waals surface area contributed by atoms with Gasteiger partial charge in [0.15, 0.2) is 5.76 Å². The highest BCUT2D eigenvalue weighted by Crippen LogP contribution is 2.31. The maximum Gasteiger partial charge on any atom is 0.308 e. The summed E-state index contributed by atoms with van der Waals surface area (Å²) in [4.78, 5) is 16.3. The van der Waals surface area contributed by atoms with Crippen molar-refractivity contribution in [3.63, 3.8) is 0 Å². The van der Waals surface area contributed by atoms with Crippen molar-refractivity contribution in [1.82, 2.24) is 9.78 Å². The van der Waals surface area contributed by atoms with E-state index in [-0.39, 0.29) is 18.2 Å². The highest BCUT2D eigenvalue weighted by atomic mass is 16.7. The Morgan fingerprint density at radius 2 is 1.81 bits per heavy atom. The van der Waals surface area contributed by atoms with Crippen molar-refractivity contribution >= 4 is 23.5 Å². The standard InChI is InChI=1S/C26H37N3O3/c1-9-10-11-23(30)31-17-32-25(24-18(2)19(3)28-29(24)8)22(16-27-7)20-12-14-21(15-13-20)26(4,5)6/h12-16H,9-11,17H2,1-8H3/b25-22-,27-16-. The number of rotatable bonds is 9. The lowest BCUT2D eigenvalue weighted by Crippen LogP contribution is -2.12. The monoisotopic (exact) mass is 439 g/mol. The van der Waals surface area contributed by atoms with Gasteiger partial charge in [0.2, 0.25) is 6.79 Å². The lowest BCUT2D eigenvalue weighted by molar-refractivity contribution is -0.151. The topological polar surface area (TPSA) is 65.7 Å². The van der Waals surface area contributed by atoms with Crippen LogP contribution in [-0.2, 0) is 26.7 Å². The van der Waals surface area contributed by atoms with Gasteiger partial charge in [0, 0.05) is 37.9 Å². The molecule has 0 amide bonds. The van der Waals surface area contributed by atoms with E-state index < -0.39 is 0 Å². The maximum atomic E-state index is 12.0. The fourth-order valence-electron chi connectivity index (χ4n) is 3.45. The zero-order valence-corrected chi connectivity index (χ0v) is 20.8. The Morgan fingerprint density at radius 3 is 2.31 bits per heavy atom. The van der Waals surface area contributed by atoms with Crippen molar-refractivity contribution in [2.24, 2.45) is 12.0 Å². The summed E-state index contributed by atoms with van der Waals surface area (Å²) < 4.78 is 13.2. The summed E-state index contributed by atoms with van der Waals surface area (Å²) in [5, 5.41) is 4.55. The predicted octanol–water partition coefficient (Wildman–Crippen LogP) is 5.61. The molecular formula is C26H37N3O3. The molecule has 6 nitrogen and oxygen atoms in total. The van der Waals surface area contributed by atoms with Crippen LogP contribution in [0.3, 0.4) is 0 Å². The molecule has 1 heterocycles. The Kier molecular flexibility index (Phi) is 8.81. The summed E-state index contributed by atoms with van der Waals surface area (Å²) in [5.41, 5.74) is 5.84. The molecule has 0 unspecified atom stereocenters. The minimum absolute atomic E-state index is 0.0585. The third-order valence-corrected chi connectivity index (χ3v) is 5.46. The fraction of sp³-hybridized carbons (Fsp3) is 0.500. The first-order valence-electron chi connectivity index (χ1n) is 11.2. The molecule has 0 fully saturated rings. The summed E-state index contributed by atoms with van der Waals surface area (Å²) in [5.74, 6) is 0.326. The van der Waals surface area contributed by atoms with E-state index in [4.69, 9.17) is 9.47 Å². The normalized spacial score (nSPS) is 12.8. The van der Waals surface area contributed by atoms with Crippen molar-refractivity contribution in [1.29, 1.82) is 0 Å². The average Bonchev–Trinajstić information content (AvgIpc) is 2.99. The van der Waals surface area contributed by atoms with Crippen LogP contribution in [0.5, 0.6) is 0 Å². The molecular weight excluding hydrogens is 402 g/mol. The van der Waals surface area contributed by atoms with Crippen molar-refractivity contribution in [2.45, 2.75) is 66.2 Å². The first-order chi connectivity index (χ1) is 15.1. The van der Waals surface area contributed by atoms with E-state index in [2.05, 4.69) is 55.1 Å². The SMILES string of the molecule is CCCCC(=O)OCO/C(=C(/C=N\C)c1ccc(C(C)(C)C)cc1)c1c(C)c(C)nn1C. The second-order valence-corrected chi connectivity index (χ2v) is 9.02. The van der Waals surface area contributed by atoms with Gasteiger partial charge in [-0.3, -0.25) is 14.5 Å². The third-order valence-electron chi connectivity index (χ3n) is 5.46. The van der Waals surface area contributed by atoms with E-state index in [1.807, 2.05) is 27.8 Å². The molecule has 0 saturated heterocycles. The number of carbonyl (C=O) groups is 1. The van der Waals surface area contributed by atoms with Gasteiger partial charge in [-0.1, -0.05) is 58.4 Å². The Labute approximate surface area is 192 Å². The van der Waals surface area contributed by atoms with Gasteiger partial charge in [-0.25, -0.2) is 0 Å². The summed E-state index contributed by atoms with van der Waals surface area (Å²) in [6, 6.07) is 8.41. The molecule has 2 rings (SSSR count). The summed E-state index contributed by atoms with van der Waals surface area (Å²) in [7, 11) is 3.61. The molecule has 2 aromatic rings. The number of allylic oxidation sites excluding steroid dienone is 1. The van der Waals surface area contributed by atoms with Gasteiger partial charge in [0.05, 0.1) is 5.69 Å². The van der Waals surface area contributed by atoms with Gasteiger partial charge in [-0.15, -0.1) is 0 Å². The average molecular weight is 440 g/mol. The molecule has 0 spiro atoms. The molecule has 1 aromatic heterocycles. The summed E-state index contributed by atoms with van der Waals surface area (Å²) in [6.07, 6.45) is 3.91. The van der Waals surface area contributed by atoms with Gasteiger partial charge in [0.25, 0.3) is 0 Å².